The molecular weight excluding hydrogens is 188 g/mol. The molecule has 0 radical (unpaired) electrons. The van der Waals surface area contributed by atoms with E-state index in [4.69, 9.17) is 5.11 Å². The number of rotatable bonds is 4. The standard InChI is InChI=1S/C13H14O2/c1-10(2)8-12(13(14)15)9-11-6-4-3-5-7-11/h3-7,9H,1,8H2,2H3,(H,14,15). The predicted octanol–water partition coefficient (Wildman–Crippen LogP) is 3.12. The number of hydrogen-bond acceptors (Lipinski definition) is 1. The van der Waals surface area contributed by atoms with Crippen molar-refractivity contribution in [3.05, 3.63) is 53.6 Å². The summed E-state index contributed by atoms with van der Waals surface area (Å²) in [6, 6.07) is 9.41. The molecule has 2 nitrogen and oxygen atoms in total. The highest BCUT2D eigenvalue weighted by Crippen LogP contribution is 2.13. The lowest BCUT2D eigenvalue weighted by Crippen LogP contribution is -2.00. The molecule has 0 bridgehead atoms. The van der Waals surface area contributed by atoms with E-state index in [9.17, 15) is 4.79 Å². The number of carboxylic acids is 1. The Kier molecular flexibility index (Phi) is 3.86. The minimum atomic E-state index is -0.887. The summed E-state index contributed by atoms with van der Waals surface area (Å²) < 4.78 is 0. The quantitative estimate of drug-likeness (QED) is 0.601. The van der Waals surface area contributed by atoms with Crippen molar-refractivity contribution in [2.75, 3.05) is 0 Å². The van der Waals surface area contributed by atoms with Crippen molar-refractivity contribution in [2.24, 2.45) is 0 Å². The lowest BCUT2D eigenvalue weighted by atomic mass is 10.0. The van der Waals surface area contributed by atoms with E-state index in [1.807, 2.05) is 37.3 Å². The summed E-state index contributed by atoms with van der Waals surface area (Å²) in [4.78, 5) is 10.9. The lowest BCUT2D eigenvalue weighted by Gasteiger charge is -2.01. The van der Waals surface area contributed by atoms with Gasteiger partial charge in [-0.1, -0.05) is 42.5 Å². The van der Waals surface area contributed by atoms with Crippen LogP contribution in [-0.2, 0) is 4.79 Å². The molecule has 0 amide bonds. The number of carbonyl (C=O) groups is 1. The molecule has 0 aliphatic rings. The van der Waals surface area contributed by atoms with Crippen LogP contribution in [0.4, 0.5) is 0 Å². The second-order valence-electron chi connectivity index (χ2n) is 3.52. The van der Waals surface area contributed by atoms with Crippen molar-refractivity contribution in [2.45, 2.75) is 13.3 Å². The molecular formula is C13H14O2. The van der Waals surface area contributed by atoms with Crippen LogP contribution in [-0.4, -0.2) is 11.1 Å². The maximum atomic E-state index is 10.9. The van der Waals surface area contributed by atoms with Gasteiger partial charge in [-0.15, -0.1) is 0 Å². The summed E-state index contributed by atoms with van der Waals surface area (Å²) in [5, 5.41) is 8.97. The SMILES string of the molecule is C=C(C)CC(=Cc1ccccc1)C(=O)O. The molecule has 0 aliphatic carbocycles. The van der Waals surface area contributed by atoms with Crippen molar-refractivity contribution in [1.29, 1.82) is 0 Å². The summed E-state index contributed by atoms with van der Waals surface area (Å²) in [7, 11) is 0. The van der Waals surface area contributed by atoms with Gasteiger partial charge in [-0.2, -0.15) is 0 Å². The van der Waals surface area contributed by atoms with Crippen molar-refractivity contribution in [1.82, 2.24) is 0 Å². The summed E-state index contributed by atoms with van der Waals surface area (Å²) in [6.45, 7) is 5.54. The van der Waals surface area contributed by atoms with Crippen molar-refractivity contribution < 1.29 is 9.90 Å². The second kappa shape index (κ2) is 5.15. The van der Waals surface area contributed by atoms with E-state index in [-0.39, 0.29) is 0 Å². The Morgan fingerprint density at radius 3 is 2.47 bits per heavy atom. The normalized spacial score (nSPS) is 11.1. The molecule has 1 rings (SSSR count). The third-order valence-corrected chi connectivity index (χ3v) is 1.91. The highest BCUT2D eigenvalue weighted by atomic mass is 16.4. The van der Waals surface area contributed by atoms with Crippen LogP contribution in [0.1, 0.15) is 18.9 Å². The molecule has 1 N–H and O–H groups in total. The van der Waals surface area contributed by atoms with E-state index in [2.05, 4.69) is 6.58 Å². The summed E-state index contributed by atoms with van der Waals surface area (Å²) in [5.41, 5.74) is 2.12. The first-order chi connectivity index (χ1) is 7.09. The van der Waals surface area contributed by atoms with E-state index in [0.29, 0.717) is 12.0 Å². The van der Waals surface area contributed by atoms with Gasteiger partial charge in [-0.3, -0.25) is 0 Å². The minimum absolute atomic E-state index is 0.369. The Bertz CT molecular complexity index is 388. The van der Waals surface area contributed by atoms with Crippen LogP contribution in [0.25, 0.3) is 6.08 Å². The Morgan fingerprint density at radius 2 is 2.00 bits per heavy atom. The topological polar surface area (TPSA) is 37.3 Å². The Morgan fingerprint density at radius 1 is 1.40 bits per heavy atom. The van der Waals surface area contributed by atoms with Gasteiger partial charge in [-0.05, 0) is 25.0 Å². The lowest BCUT2D eigenvalue weighted by molar-refractivity contribution is -0.132. The smallest absolute Gasteiger partial charge is 0.331 e. The highest BCUT2D eigenvalue weighted by molar-refractivity contribution is 5.92. The van der Waals surface area contributed by atoms with Crippen LogP contribution in [0.3, 0.4) is 0 Å². The van der Waals surface area contributed by atoms with Gasteiger partial charge in [0.1, 0.15) is 0 Å². The molecule has 78 valence electrons. The first-order valence-corrected chi connectivity index (χ1v) is 4.73. The number of benzene rings is 1. The molecule has 0 saturated carbocycles. The molecule has 1 aromatic rings. The van der Waals surface area contributed by atoms with E-state index in [0.717, 1.165) is 11.1 Å². The fourth-order valence-electron chi connectivity index (χ4n) is 1.26. The van der Waals surface area contributed by atoms with E-state index in [1.165, 1.54) is 0 Å². The van der Waals surface area contributed by atoms with Gasteiger partial charge in [0.05, 0.1) is 0 Å². The predicted molar refractivity (Wildman–Crippen MR) is 61.5 cm³/mol. The second-order valence-corrected chi connectivity index (χ2v) is 3.52. The zero-order valence-electron chi connectivity index (χ0n) is 8.73. The molecule has 0 atom stereocenters. The van der Waals surface area contributed by atoms with Crippen LogP contribution in [0.5, 0.6) is 0 Å². The molecule has 1 aromatic carbocycles. The molecule has 0 saturated heterocycles. The van der Waals surface area contributed by atoms with Crippen molar-refractivity contribution >= 4 is 12.0 Å². The molecule has 0 fully saturated rings. The zero-order chi connectivity index (χ0) is 11.3. The first-order valence-electron chi connectivity index (χ1n) is 4.73. The van der Waals surface area contributed by atoms with E-state index >= 15 is 0 Å². The fraction of sp³-hybridized carbons (Fsp3) is 0.154. The minimum Gasteiger partial charge on any atom is -0.478 e. The average Bonchev–Trinajstić information content (AvgIpc) is 2.17. The monoisotopic (exact) mass is 202 g/mol. The van der Waals surface area contributed by atoms with Crippen molar-refractivity contribution in [3.8, 4) is 0 Å². The highest BCUT2D eigenvalue weighted by Gasteiger charge is 2.06. The van der Waals surface area contributed by atoms with Gasteiger partial charge in [0.15, 0.2) is 0 Å². The van der Waals surface area contributed by atoms with Gasteiger partial charge < -0.3 is 5.11 Å². The number of carboxylic acid groups (broad SMARTS) is 1. The van der Waals surface area contributed by atoms with Gasteiger partial charge in [0.25, 0.3) is 0 Å². The largest absolute Gasteiger partial charge is 0.478 e. The fourth-order valence-corrected chi connectivity index (χ4v) is 1.26. The molecule has 0 heterocycles. The van der Waals surface area contributed by atoms with Gasteiger partial charge in [0.2, 0.25) is 0 Å². The van der Waals surface area contributed by atoms with Gasteiger partial charge in [0, 0.05) is 5.57 Å². The van der Waals surface area contributed by atoms with Crippen LogP contribution >= 0.6 is 0 Å². The Hall–Kier alpha value is -1.83. The van der Waals surface area contributed by atoms with Gasteiger partial charge >= 0.3 is 5.97 Å². The molecule has 2 heteroatoms. The summed E-state index contributed by atoms with van der Waals surface area (Å²) in [5.74, 6) is -0.887. The number of aliphatic carboxylic acids is 1. The molecule has 15 heavy (non-hydrogen) atoms. The van der Waals surface area contributed by atoms with Crippen LogP contribution in [0, 0.1) is 0 Å². The summed E-state index contributed by atoms with van der Waals surface area (Å²) in [6.07, 6.45) is 2.08. The molecule has 0 spiro atoms. The molecule has 0 aliphatic heterocycles. The third kappa shape index (κ3) is 3.81. The maximum absolute atomic E-state index is 10.9. The van der Waals surface area contributed by atoms with Gasteiger partial charge in [-0.25, -0.2) is 4.79 Å². The van der Waals surface area contributed by atoms with Crippen LogP contribution < -0.4 is 0 Å². The maximum Gasteiger partial charge on any atom is 0.331 e. The van der Waals surface area contributed by atoms with Crippen LogP contribution in [0.2, 0.25) is 0 Å². The van der Waals surface area contributed by atoms with Crippen LogP contribution in [0.15, 0.2) is 48.1 Å². The van der Waals surface area contributed by atoms with E-state index in [1.54, 1.807) is 6.08 Å². The zero-order valence-corrected chi connectivity index (χ0v) is 8.73. The molecule has 0 aromatic heterocycles. The third-order valence-electron chi connectivity index (χ3n) is 1.91. The molecule has 0 unspecified atom stereocenters. The van der Waals surface area contributed by atoms with E-state index < -0.39 is 5.97 Å². The Labute approximate surface area is 89.6 Å². The number of hydrogen-bond donors (Lipinski definition) is 1. The Balaban J connectivity index is 2.94. The summed E-state index contributed by atoms with van der Waals surface area (Å²) >= 11 is 0. The average molecular weight is 202 g/mol. The first kappa shape index (κ1) is 11.2. The van der Waals surface area contributed by atoms with Crippen molar-refractivity contribution in [3.63, 3.8) is 0 Å². The number of allylic oxidation sites excluding steroid dienone is 1.